The number of nitrogens with one attached hydrogen (secondary N) is 1. The summed E-state index contributed by atoms with van der Waals surface area (Å²) in [4.78, 5) is 2.39. The highest BCUT2D eigenvalue weighted by molar-refractivity contribution is 5.19. The molecule has 0 amide bonds. The minimum absolute atomic E-state index is 0.165. The molecule has 1 aromatic rings. The molecule has 1 N–H and O–H groups in total. The van der Waals surface area contributed by atoms with Crippen molar-refractivity contribution < 1.29 is 4.39 Å². The minimum atomic E-state index is -0.165. The number of nitrogens with zero attached hydrogens (tertiary/aromatic N) is 1. The highest BCUT2D eigenvalue weighted by atomic mass is 19.1. The first-order chi connectivity index (χ1) is 10.0. The molecule has 1 aromatic carbocycles. The lowest BCUT2D eigenvalue weighted by molar-refractivity contribution is 0.289. The van der Waals surface area contributed by atoms with Gasteiger partial charge in [0.1, 0.15) is 5.82 Å². The predicted octanol–water partition coefficient (Wildman–Crippen LogP) is 4.23. The summed E-state index contributed by atoms with van der Waals surface area (Å²) in [6.07, 6.45) is 3.40. The Hall–Kier alpha value is -0.930. The van der Waals surface area contributed by atoms with E-state index in [2.05, 4.69) is 38.0 Å². The molecule has 2 nitrogen and oxygen atoms in total. The molecular formula is C18H31FN2. The second-order valence-corrected chi connectivity index (χ2v) is 6.33. The van der Waals surface area contributed by atoms with E-state index in [0.717, 1.165) is 38.4 Å². The van der Waals surface area contributed by atoms with Crippen LogP contribution in [0.5, 0.6) is 0 Å². The van der Waals surface area contributed by atoms with Crippen LogP contribution in [0.25, 0.3) is 0 Å². The molecule has 0 heterocycles. The van der Waals surface area contributed by atoms with E-state index < -0.39 is 0 Å². The summed E-state index contributed by atoms with van der Waals surface area (Å²) in [5.41, 5.74) is 1.18. The number of halogens is 1. The normalized spacial score (nSPS) is 13.1. The van der Waals surface area contributed by atoms with Crippen molar-refractivity contribution in [2.45, 2.75) is 46.1 Å². The summed E-state index contributed by atoms with van der Waals surface area (Å²) in [6, 6.07) is 7.22. The summed E-state index contributed by atoms with van der Waals surface area (Å²) in [5, 5.41) is 3.58. The molecule has 120 valence electrons. The molecule has 0 aliphatic heterocycles. The van der Waals surface area contributed by atoms with Crippen molar-refractivity contribution in [3.63, 3.8) is 0 Å². The van der Waals surface area contributed by atoms with Crippen LogP contribution in [-0.4, -0.2) is 31.6 Å². The Morgan fingerprint density at radius 1 is 1.10 bits per heavy atom. The summed E-state index contributed by atoms with van der Waals surface area (Å²) in [6.45, 7) is 9.89. The lowest BCUT2D eigenvalue weighted by Crippen LogP contribution is -2.28. The van der Waals surface area contributed by atoms with Crippen LogP contribution in [-0.2, 0) is 0 Å². The average molecular weight is 294 g/mol. The first-order valence-corrected chi connectivity index (χ1v) is 8.20. The molecule has 0 aromatic heterocycles. The van der Waals surface area contributed by atoms with Gasteiger partial charge in [-0.1, -0.05) is 32.9 Å². The molecular weight excluding hydrogens is 263 g/mol. The van der Waals surface area contributed by atoms with Crippen molar-refractivity contribution in [1.82, 2.24) is 10.2 Å². The van der Waals surface area contributed by atoms with Crippen LogP contribution in [0.15, 0.2) is 24.3 Å². The van der Waals surface area contributed by atoms with Gasteiger partial charge in [-0.15, -0.1) is 0 Å². The lowest BCUT2D eigenvalue weighted by atomic mass is 10.0. The Balaban J connectivity index is 2.51. The maximum Gasteiger partial charge on any atom is 0.123 e. The predicted molar refractivity (Wildman–Crippen MR) is 89.0 cm³/mol. The van der Waals surface area contributed by atoms with Gasteiger partial charge in [0.05, 0.1) is 0 Å². The maximum atomic E-state index is 13.1. The van der Waals surface area contributed by atoms with Crippen molar-refractivity contribution in [2.75, 3.05) is 26.7 Å². The first-order valence-electron chi connectivity index (χ1n) is 8.20. The van der Waals surface area contributed by atoms with E-state index in [1.54, 1.807) is 12.1 Å². The van der Waals surface area contributed by atoms with Gasteiger partial charge >= 0.3 is 0 Å². The lowest BCUT2D eigenvalue weighted by Gasteiger charge is -2.23. The number of hydrogen-bond donors (Lipinski definition) is 1. The fourth-order valence-electron chi connectivity index (χ4n) is 2.34. The van der Waals surface area contributed by atoms with Gasteiger partial charge in [0, 0.05) is 6.04 Å². The molecule has 0 saturated carbocycles. The molecule has 1 atom stereocenters. The van der Waals surface area contributed by atoms with Gasteiger partial charge < -0.3 is 10.2 Å². The molecule has 1 unspecified atom stereocenters. The monoisotopic (exact) mass is 294 g/mol. The minimum Gasteiger partial charge on any atom is -0.310 e. The number of rotatable bonds is 10. The third-order valence-corrected chi connectivity index (χ3v) is 3.80. The molecule has 0 radical (unpaired) electrons. The third-order valence-electron chi connectivity index (χ3n) is 3.80. The van der Waals surface area contributed by atoms with E-state index in [1.165, 1.54) is 12.0 Å². The van der Waals surface area contributed by atoms with Gasteiger partial charge in [0.15, 0.2) is 0 Å². The van der Waals surface area contributed by atoms with Crippen molar-refractivity contribution in [2.24, 2.45) is 5.92 Å². The molecule has 3 heteroatoms. The molecule has 21 heavy (non-hydrogen) atoms. The van der Waals surface area contributed by atoms with Crippen molar-refractivity contribution in [1.29, 1.82) is 0 Å². The van der Waals surface area contributed by atoms with E-state index in [-0.39, 0.29) is 5.82 Å². The van der Waals surface area contributed by atoms with E-state index in [0.29, 0.717) is 6.04 Å². The van der Waals surface area contributed by atoms with Crippen LogP contribution in [0.2, 0.25) is 0 Å². The zero-order valence-electron chi connectivity index (χ0n) is 14.0. The van der Waals surface area contributed by atoms with Gasteiger partial charge in [-0.25, -0.2) is 4.39 Å². The van der Waals surface area contributed by atoms with Crippen LogP contribution in [0, 0.1) is 11.7 Å². The summed E-state index contributed by atoms with van der Waals surface area (Å²) in [5.74, 6) is 0.584. The van der Waals surface area contributed by atoms with E-state index in [1.807, 2.05) is 12.1 Å². The van der Waals surface area contributed by atoms with E-state index in [9.17, 15) is 4.39 Å². The Kier molecular flexibility index (Phi) is 8.55. The highest BCUT2D eigenvalue weighted by Crippen LogP contribution is 2.18. The zero-order chi connectivity index (χ0) is 15.7. The molecule has 0 saturated heterocycles. The topological polar surface area (TPSA) is 15.3 Å². The van der Waals surface area contributed by atoms with E-state index in [4.69, 9.17) is 0 Å². The molecule has 0 fully saturated rings. The Bertz CT molecular complexity index is 375. The van der Waals surface area contributed by atoms with Crippen molar-refractivity contribution >= 4 is 0 Å². The molecule has 0 aliphatic rings. The Labute approximate surface area is 129 Å². The van der Waals surface area contributed by atoms with Crippen LogP contribution >= 0.6 is 0 Å². The van der Waals surface area contributed by atoms with Gasteiger partial charge in [0.25, 0.3) is 0 Å². The number of hydrogen-bond acceptors (Lipinski definition) is 2. The summed E-state index contributed by atoms with van der Waals surface area (Å²) in [7, 11) is 2.18. The second-order valence-electron chi connectivity index (χ2n) is 6.33. The fourth-order valence-corrected chi connectivity index (χ4v) is 2.34. The molecule has 0 aliphatic carbocycles. The van der Waals surface area contributed by atoms with Crippen molar-refractivity contribution in [3.8, 4) is 0 Å². The zero-order valence-corrected chi connectivity index (χ0v) is 14.0. The highest BCUT2D eigenvalue weighted by Gasteiger charge is 2.12. The van der Waals surface area contributed by atoms with Crippen LogP contribution in [0.1, 0.15) is 51.6 Å². The fraction of sp³-hybridized carbons (Fsp3) is 0.667. The molecule has 1 rings (SSSR count). The maximum absolute atomic E-state index is 13.1. The number of benzene rings is 1. The Morgan fingerprint density at radius 2 is 1.71 bits per heavy atom. The van der Waals surface area contributed by atoms with Gasteiger partial charge in [-0.2, -0.15) is 0 Å². The van der Waals surface area contributed by atoms with Crippen LogP contribution in [0.4, 0.5) is 4.39 Å². The molecule has 0 spiro atoms. The van der Waals surface area contributed by atoms with Crippen molar-refractivity contribution in [3.05, 3.63) is 35.6 Å². The first kappa shape index (κ1) is 18.1. The van der Waals surface area contributed by atoms with Gasteiger partial charge in [0.2, 0.25) is 0 Å². The quantitative estimate of drug-likeness (QED) is 0.694. The summed E-state index contributed by atoms with van der Waals surface area (Å²) < 4.78 is 13.1. The smallest absolute Gasteiger partial charge is 0.123 e. The SMILES string of the molecule is CCCNC(CCN(C)CCC(C)C)c1ccc(F)cc1. The van der Waals surface area contributed by atoms with Gasteiger partial charge in [-0.05, 0) is 69.6 Å². The van der Waals surface area contributed by atoms with Gasteiger partial charge in [-0.3, -0.25) is 0 Å². The van der Waals surface area contributed by atoms with Crippen LogP contribution in [0.3, 0.4) is 0 Å². The standard InChI is InChI=1S/C18H31FN2/c1-5-12-20-18(16-6-8-17(19)9-7-16)11-14-21(4)13-10-15(2)3/h6-9,15,18,20H,5,10-14H2,1-4H3. The second kappa shape index (κ2) is 9.91. The third kappa shape index (κ3) is 7.58. The Morgan fingerprint density at radius 3 is 2.29 bits per heavy atom. The summed E-state index contributed by atoms with van der Waals surface area (Å²) >= 11 is 0. The molecule has 0 bridgehead atoms. The average Bonchev–Trinajstić information content (AvgIpc) is 2.46. The largest absolute Gasteiger partial charge is 0.310 e. The van der Waals surface area contributed by atoms with E-state index >= 15 is 0 Å². The van der Waals surface area contributed by atoms with Crippen LogP contribution < -0.4 is 5.32 Å².